The third-order valence-electron chi connectivity index (χ3n) is 4.53. The summed E-state index contributed by atoms with van der Waals surface area (Å²) in [7, 11) is 1.82. The van der Waals surface area contributed by atoms with Crippen molar-refractivity contribution in [2.24, 2.45) is 7.05 Å². The molecule has 0 aliphatic carbocycles. The Labute approximate surface area is 160 Å². The van der Waals surface area contributed by atoms with E-state index in [0.29, 0.717) is 13.0 Å². The van der Waals surface area contributed by atoms with Gasteiger partial charge in [-0.05, 0) is 25.5 Å². The number of aryl methyl sites for hydroxylation is 2. The van der Waals surface area contributed by atoms with Crippen LogP contribution in [0.25, 0.3) is 0 Å². The zero-order chi connectivity index (χ0) is 20.3. The van der Waals surface area contributed by atoms with Crippen molar-refractivity contribution in [1.82, 2.24) is 25.4 Å². The molecule has 0 aromatic carbocycles. The number of nitrogens with zero attached hydrogens (tertiary/aromatic N) is 3. The zero-order valence-corrected chi connectivity index (χ0v) is 15.6. The maximum absolute atomic E-state index is 12.7. The van der Waals surface area contributed by atoms with E-state index in [-0.39, 0.29) is 30.8 Å². The molecule has 1 aliphatic rings. The molecule has 7 nitrogen and oxygen atoms in total. The molecule has 0 spiro atoms. The summed E-state index contributed by atoms with van der Waals surface area (Å²) in [4.78, 5) is 15.8. The van der Waals surface area contributed by atoms with Crippen LogP contribution in [0.15, 0.2) is 24.4 Å². The van der Waals surface area contributed by atoms with E-state index in [0.717, 1.165) is 17.3 Å². The van der Waals surface area contributed by atoms with Crippen LogP contribution in [0.2, 0.25) is 0 Å². The van der Waals surface area contributed by atoms with Crippen molar-refractivity contribution in [3.8, 4) is 0 Å². The monoisotopic (exact) mass is 397 g/mol. The lowest BCUT2D eigenvalue weighted by Crippen LogP contribution is -2.44. The Balaban J connectivity index is 1.51. The van der Waals surface area contributed by atoms with Crippen LogP contribution in [0.3, 0.4) is 0 Å². The fraction of sp³-hybridized carbons (Fsp3) is 0.500. The quantitative estimate of drug-likeness (QED) is 0.813. The van der Waals surface area contributed by atoms with Gasteiger partial charge >= 0.3 is 12.2 Å². The molecule has 0 saturated carbocycles. The number of hydrogen-bond acceptors (Lipinski definition) is 4. The third kappa shape index (κ3) is 4.80. The van der Waals surface area contributed by atoms with E-state index in [9.17, 15) is 18.0 Å². The summed E-state index contributed by atoms with van der Waals surface area (Å²) in [6.07, 6.45) is -2.02. The van der Waals surface area contributed by atoms with E-state index >= 15 is 0 Å². The number of nitrogens with one attached hydrogen (secondary N) is 2. The molecular weight excluding hydrogens is 375 g/mol. The summed E-state index contributed by atoms with van der Waals surface area (Å²) in [5.41, 5.74) is 1.10. The van der Waals surface area contributed by atoms with Gasteiger partial charge in [0.05, 0.1) is 11.7 Å². The highest BCUT2D eigenvalue weighted by molar-refractivity contribution is 5.74. The van der Waals surface area contributed by atoms with Crippen LogP contribution in [-0.2, 0) is 24.4 Å². The molecule has 3 rings (SSSR count). The Kier molecular flexibility index (Phi) is 5.87. The maximum Gasteiger partial charge on any atom is 0.433 e. The van der Waals surface area contributed by atoms with Crippen molar-refractivity contribution in [3.63, 3.8) is 0 Å². The first-order valence-electron chi connectivity index (χ1n) is 8.93. The van der Waals surface area contributed by atoms with Crippen molar-refractivity contribution in [1.29, 1.82) is 0 Å². The summed E-state index contributed by atoms with van der Waals surface area (Å²) >= 11 is 0. The number of aromatic nitrogens is 3. The smallest absolute Gasteiger partial charge is 0.371 e. The highest BCUT2D eigenvalue weighted by atomic mass is 19.4. The van der Waals surface area contributed by atoms with Crippen LogP contribution < -0.4 is 10.6 Å². The van der Waals surface area contributed by atoms with Crippen LogP contribution in [0.4, 0.5) is 18.0 Å². The van der Waals surface area contributed by atoms with E-state index < -0.39 is 17.9 Å². The number of halogens is 3. The predicted octanol–water partition coefficient (Wildman–Crippen LogP) is 2.51. The molecule has 0 unspecified atom stereocenters. The highest BCUT2D eigenvalue weighted by Gasteiger charge is 2.33. The molecule has 2 atom stereocenters. The first-order valence-corrected chi connectivity index (χ1v) is 8.93. The molecule has 1 aliphatic heterocycles. The molecule has 1 fully saturated rings. The average Bonchev–Trinajstić information content (AvgIpc) is 3.19. The Morgan fingerprint density at radius 1 is 1.39 bits per heavy atom. The molecule has 2 aromatic heterocycles. The van der Waals surface area contributed by atoms with Crippen molar-refractivity contribution >= 4 is 6.03 Å². The first kappa shape index (κ1) is 20.1. The van der Waals surface area contributed by atoms with Crippen molar-refractivity contribution in [3.05, 3.63) is 47.0 Å². The number of hydrogen-bond donors (Lipinski definition) is 2. The summed E-state index contributed by atoms with van der Waals surface area (Å²) in [5.74, 6) is 0. The highest BCUT2D eigenvalue weighted by Crippen LogP contribution is 2.30. The van der Waals surface area contributed by atoms with Gasteiger partial charge < -0.3 is 15.4 Å². The summed E-state index contributed by atoms with van der Waals surface area (Å²) in [6, 6.07) is 3.14. The minimum atomic E-state index is -4.48. The van der Waals surface area contributed by atoms with Gasteiger partial charge in [0.2, 0.25) is 0 Å². The number of pyridine rings is 1. The molecule has 2 amide bonds. The summed E-state index contributed by atoms with van der Waals surface area (Å²) in [5, 5.41) is 9.83. The summed E-state index contributed by atoms with van der Waals surface area (Å²) < 4.78 is 45.5. The molecule has 0 bridgehead atoms. The lowest BCUT2D eigenvalue weighted by molar-refractivity contribution is -0.141. The van der Waals surface area contributed by atoms with Crippen LogP contribution in [0.5, 0.6) is 0 Å². The molecule has 28 heavy (non-hydrogen) atoms. The number of rotatable bonds is 5. The number of ether oxygens (including phenoxy) is 1. The van der Waals surface area contributed by atoms with E-state index in [4.69, 9.17) is 4.74 Å². The molecule has 3 heterocycles. The largest absolute Gasteiger partial charge is 0.433 e. The van der Waals surface area contributed by atoms with Crippen LogP contribution in [0, 0.1) is 6.92 Å². The number of carbonyl (C=O) groups excluding carboxylic acids is 1. The topological polar surface area (TPSA) is 81.1 Å². The number of amides is 2. The van der Waals surface area contributed by atoms with Gasteiger partial charge in [0, 0.05) is 44.1 Å². The van der Waals surface area contributed by atoms with Crippen LogP contribution >= 0.6 is 0 Å². The Morgan fingerprint density at radius 3 is 2.86 bits per heavy atom. The average molecular weight is 397 g/mol. The first-order chi connectivity index (χ1) is 13.2. The molecule has 1 saturated heterocycles. The van der Waals surface area contributed by atoms with Crippen molar-refractivity contribution < 1.29 is 22.7 Å². The molecule has 2 aromatic rings. The lowest BCUT2D eigenvalue weighted by Gasteiger charge is -2.20. The van der Waals surface area contributed by atoms with Gasteiger partial charge in [-0.25, -0.2) is 9.78 Å². The number of carbonyl (C=O) groups is 1. The van der Waals surface area contributed by atoms with E-state index in [2.05, 4.69) is 20.7 Å². The van der Waals surface area contributed by atoms with Crippen molar-refractivity contribution in [2.75, 3.05) is 13.2 Å². The zero-order valence-electron chi connectivity index (χ0n) is 15.6. The second-order valence-electron chi connectivity index (χ2n) is 6.69. The maximum atomic E-state index is 12.7. The standard InChI is InChI=1S/C18H22F3N5O2/c1-11-13(10-26(2)25-11)16-14(7-9-28-16)24-17(27)22-8-6-12-4-3-5-15(23-12)18(19,20)21/h3-5,10,14,16H,6-9H2,1-2H3,(H2,22,24,27)/t14-,16+/m1/s1. The van der Waals surface area contributed by atoms with Gasteiger partial charge in [-0.1, -0.05) is 6.07 Å². The van der Waals surface area contributed by atoms with Gasteiger partial charge in [-0.15, -0.1) is 0 Å². The van der Waals surface area contributed by atoms with E-state index in [1.807, 2.05) is 20.2 Å². The lowest BCUT2D eigenvalue weighted by atomic mass is 10.0. The second kappa shape index (κ2) is 8.17. The normalized spacial score (nSPS) is 19.6. The van der Waals surface area contributed by atoms with Crippen molar-refractivity contribution in [2.45, 2.75) is 38.1 Å². The molecule has 2 N–H and O–H groups in total. The van der Waals surface area contributed by atoms with E-state index in [1.165, 1.54) is 12.1 Å². The fourth-order valence-corrected chi connectivity index (χ4v) is 3.24. The number of alkyl halides is 3. The van der Waals surface area contributed by atoms with E-state index in [1.54, 1.807) is 4.68 Å². The molecular formula is C18H22F3N5O2. The minimum Gasteiger partial charge on any atom is -0.371 e. The fourth-order valence-electron chi connectivity index (χ4n) is 3.24. The third-order valence-corrected chi connectivity index (χ3v) is 4.53. The molecule has 10 heteroatoms. The van der Waals surface area contributed by atoms with Gasteiger partial charge in [0.1, 0.15) is 11.8 Å². The SMILES string of the molecule is Cc1nn(C)cc1[C@@H]1OCC[C@H]1NC(=O)NCCc1cccc(C(F)(F)F)n1. The Morgan fingerprint density at radius 2 is 2.18 bits per heavy atom. The second-order valence-corrected chi connectivity index (χ2v) is 6.69. The Bertz CT molecular complexity index is 837. The van der Waals surface area contributed by atoms with Gasteiger partial charge in [-0.2, -0.15) is 18.3 Å². The van der Waals surface area contributed by atoms with Crippen LogP contribution in [-0.4, -0.2) is 40.0 Å². The van der Waals surface area contributed by atoms with Gasteiger partial charge in [0.25, 0.3) is 0 Å². The van der Waals surface area contributed by atoms with Gasteiger partial charge in [-0.3, -0.25) is 4.68 Å². The predicted molar refractivity (Wildman–Crippen MR) is 94.5 cm³/mol. The summed E-state index contributed by atoms with van der Waals surface area (Å²) in [6.45, 7) is 2.58. The molecule has 0 radical (unpaired) electrons. The van der Waals surface area contributed by atoms with Gasteiger partial charge in [0.15, 0.2) is 0 Å². The number of urea groups is 1. The Hall–Kier alpha value is -2.62. The molecule has 152 valence electrons. The van der Waals surface area contributed by atoms with Crippen LogP contribution in [0.1, 0.15) is 35.2 Å². The minimum absolute atomic E-state index is 0.171.